The molecule has 0 saturated carbocycles. The number of aryl methyl sites for hydroxylation is 3. The standard InChI is InChI=1S/C24H31N3O3S/c1-18-7-11-23(12-8-18)31(29,30)27-14-4-13-26(15-16-27)19(2)24(28)25-22-10-9-20-5-3-6-21(20)17-22/h7-12,17,19H,3-6,13-16H2,1-2H3,(H,25,28)/t19-/m0/s1. The van der Waals surface area contributed by atoms with E-state index in [0.717, 1.165) is 24.1 Å². The number of carbonyl (C=O) groups is 1. The third-order valence-electron chi connectivity index (χ3n) is 6.44. The Morgan fingerprint density at radius 3 is 2.45 bits per heavy atom. The number of fused-ring (bicyclic) bond motifs is 1. The summed E-state index contributed by atoms with van der Waals surface area (Å²) in [5, 5.41) is 3.05. The maximum absolute atomic E-state index is 13.0. The molecule has 1 fully saturated rings. The van der Waals surface area contributed by atoms with Crippen LogP contribution in [0.2, 0.25) is 0 Å². The topological polar surface area (TPSA) is 69.7 Å². The van der Waals surface area contributed by atoms with E-state index in [2.05, 4.69) is 22.3 Å². The van der Waals surface area contributed by atoms with Gasteiger partial charge in [0.15, 0.2) is 0 Å². The van der Waals surface area contributed by atoms with Crippen molar-refractivity contribution in [3.63, 3.8) is 0 Å². The van der Waals surface area contributed by atoms with Crippen LogP contribution in [0.1, 0.15) is 36.5 Å². The second-order valence-electron chi connectivity index (χ2n) is 8.61. The number of rotatable bonds is 5. The van der Waals surface area contributed by atoms with E-state index in [4.69, 9.17) is 0 Å². The van der Waals surface area contributed by atoms with Crippen molar-refractivity contribution in [1.29, 1.82) is 0 Å². The highest BCUT2D eigenvalue weighted by Crippen LogP contribution is 2.25. The third kappa shape index (κ3) is 4.84. The number of sulfonamides is 1. The van der Waals surface area contributed by atoms with Crippen LogP contribution < -0.4 is 5.32 Å². The van der Waals surface area contributed by atoms with Gasteiger partial charge in [0.1, 0.15) is 0 Å². The minimum absolute atomic E-state index is 0.0483. The lowest BCUT2D eigenvalue weighted by atomic mass is 10.1. The molecule has 1 heterocycles. The molecule has 6 nitrogen and oxygen atoms in total. The third-order valence-corrected chi connectivity index (χ3v) is 8.35. The Hall–Kier alpha value is -2.22. The fourth-order valence-electron chi connectivity index (χ4n) is 4.46. The molecule has 0 spiro atoms. The van der Waals surface area contributed by atoms with Crippen LogP contribution in [0, 0.1) is 6.92 Å². The van der Waals surface area contributed by atoms with Crippen LogP contribution in [-0.4, -0.2) is 55.8 Å². The summed E-state index contributed by atoms with van der Waals surface area (Å²) in [6.45, 7) is 5.91. The predicted molar refractivity (Wildman–Crippen MR) is 123 cm³/mol. The van der Waals surface area contributed by atoms with E-state index in [-0.39, 0.29) is 11.9 Å². The van der Waals surface area contributed by atoms with Gasteiger partial charge in [-0.1, -0.05) is 23.8 Å². The molecule has 2 aromatic rings. The van der Waals surface area contributed by atoms with Crippen LogP contribution in [0.5, 0.6) is 0 Å². The fraction of sp³-hybridized carbons (Fsp3) is 0.458. The Kier molecular flexibility index (Phi) is 6.46. The Morgan fingerprint density at radius 2 is 1.68 bits per heavy atom. The van der Waals surface area contributed by atoms with Gasteiger partial charge in [0, 0.05) is 31.9 Å². The number of carbonyl (C=O) groups excluding carboxylic acids is 1. The maximum Gasteiger partial charge on any atom is 0.243 e. The van der Waals surface area contributed by atoms with Crippen molar-refractivity contribution in [3.05, 3.63) is 59.2 Å². The smallest absolute Gasteiger partial charge is 0.243 e. The normalized spacial score (nSPS) is 18.9. The minimum atomic E-state index is -3.52. The van der Waals surface area contributed by atoms with E-state index in [1.807, 2.05) is 32.0 Å². The summed E-state index contributed by atoms with van der Waals surface area (Å²) < 4.78 is 27.6. The highest BCUT2D eigenvalue weighted by Gasteiger charge is 2.30. The molecule has 0 aromatic heterocycles. The number of nitrogens with zero attached hydrogens (tertiary/aromatic N) is 2. The van der Waals surface area contributed by atoms with Crippen molar-refractivity contribution in [2.24, 2.45) is 0 Å². The lowest BCUT2D eigenvalue weighted by molar-refractivity contribution is -0.120. The molecule has 31 heavy (non-hydrogen) atoms. The van der Waals surface area contributed by atoms with E-state index < -0.39 is 10.0 Å². The van der Waals surface area contributed by atoms with Crippen LogP contribution in [0.4, 0.5) is 5.69 Å². The highest BCUT2D eigenvalue weighted by atomic mass is 32.2. The number of hydrogen-bond donors (Lipinski definition) is 1. The Morgan fingerprint density at radius 1 is 0.935 bits per heavy atom. The monoisotopic (exact) mass is 441 g/mol. The lowest BCUT2D eigenvalue weighted by Gasteiger charge is -2.27. The maximum atomic E-state index is 13.0. The SMILES string of the molecule is Cc1ccc(S(=O)(=O)N2CCCN([C@@H](C)C(=O)Nc3ccc4c(c3)CCC4)CC2)cc1. The number of benzene rings is 2. The summed E-state index contributed by atoms with van der Waals surface area (Å²) in [5.74, 6) is -0.0483. The molecule has 1 amide bonds. The molecule has 1 N–H and O–H groups in total. The molecular weight excluding hydrogens is 410 g/mol. The van der Waals surface area contributed by atoms with Gasteiger partial charge in [-0.05, 0) is 74.9 Å². The van der Waals surface area contributed by atoms with E-state index >= 15 is 0 Å². The second kappa shape index (κ2) is 9.10. The average Bonchev–Trinajstić information content (AvgIpc) is 3.07. The van der Waals surface area contributed by atoms with Crippen LogP contribution >= 0.6 is 0 Å². The molecule has 1 aliphatic carbocycles. The van der Waals surface area contributed by atoms with Crippen LogP contribution in [-0.2, 0) is 27.7 Å². The summed E-state index contributed by atoms with van der Waals surface area (Å²) in [4.78, 5) is 15.3. The van der Waals surface area contributed by atoms with E-state index in [0.29, 0.717) is 37.5 Å². The molecule has 166 valence electrons. The molecule has 2 aliphatic rings. The molecule has 4 rings (SSSR count). The Labute approximate surface area is 185 Å². The van der Waals surface area contributed by atoms with Crippen molar-refractivity contribution in [2.75, 3.05) is 31.5 Å². The zero-order valence-electron chi connectivity index (χ0n) is 18.3. The van der Waals surface area contributed by atoms with Gasteiger partial charge in [0.2, 0.25) is 15.9 Å². The average molecular weight is 442 g/mol. The molecule has 7 heteroatoms. The molecule has 1 saturated heterocycles. The molecule has 1 aliphatic heterocycles. The Balaban J connectivity index is 1.38. The molecule has 0 bridgehead atoms. The first-order chi connectivity index (χ1) is 14.8. The van der Waals surface area contributed by atoms with Gasteiger partial charge < -0.3 is 5.32 Å². The molecule has 1 atom stereocenters. The van der Waals surface area contributed by atoms with E-state index in [1.54, 1.807) is 16.4 Å². The summed E-state index contributed by atoms with van der Waals surface area (Å²) in [6.07, 6.45) is 4.07. The minimum Gasteiger partial charge on any atom is -0.325 e. The molecule has 0 radical (unpaired) electrons. The summed E-state index contributed by atoms with van der Waals surface area (Å²) >= 11 is 0. The molecular formula is C24H31N3O3S. The fourth-order valence-corrected chi connectivity index (χ4v) is 5.93. The van der Waals surface area contributed by atoms with Gasteiger partial charge in [-0.2, -0.15) is 4.31 Å². The second-order valence-corrected chi connectivity index (χ2v) is 10.5. The van der Waals surface area contributed by atoms with Crippen LogP contribution in [0.3, 0.4) is 0 Å². The summed E-state index contributed by atoms with van der Waals surface area (Å²) in [5.41, 5.74) is 4.59. The van der Waals surface area contributed by atoms with Gasteiger partial charge in [-0.25, -0.2) is 8.42 Å². The van der Waals surface area contributed by atoms with Crippen molar-refractivity contribution < 1.29 is 13.2 Å². The van der Waals surface area contributed by atoms with Crippen LogP contribution in [0.15, 0.2) is 47.4 Å². The Bertz CT molecular complexity index is 1050. The van der Waals surface area contributed by atoms with Gasteiger partial charge >= 0.3 is 0 Å². The highest BCUT2D eigenvalue weighted by molar-refractivity contribution is 7.89. The van der Waals surface area contributed by atoms with Crippen molar-refractivity contribution in [3.8, 4) is 0 Å². The largest absolute Gasteiger partial charge is 0.325 e. The molecule has 2 aromatic carbocycles. The van der Waals surface area contributed by atoms with Crippen molar-refractivity contribution >= 4 is 21.6 Å². The molecule has 0 unspecified atom stereocenters. The lowest BCUT2D eigenvalue weighted by Crippen LogP contribution is -2.44. The first-order valence-corrected chi connectivity index (χ1v) is 12.5. The summed E-state index contributed by atoms with van der Waals surface area (Å²) in [7, 11) is -3.52. The quantitative estimate of drug-likeness (QED) is 0.774. The summed E-state index contributed by atoms with van der Waals surface area (Å²) in [6, 6.07) is 12.8. The van der Waals surface area contributed by atoms with E-state index in [1.165, 1.54) is 17.5 Å². The zero-order valence-corrected chi connectivity index (χ0v) is 19.1. The zero-order chi connectivity index (χ0) is 22.0. The first kappa shape index (κ1) is 22.0. The predicted octanol–water partition coefficient (Wildman–Crippen LogP) is 3.21. The number of nitrogens with one attached hydrogen (secondary N) is 1. The van der Waals surface area contributed by atoms with Gasteiger partial charge in [-0.3, -0.25) is 9.69 Å². The van der Waals surface area contributed by atoms with Gasteiger partial charge in [0.05, 0.1) is 10.9 Å². The first-order valence-electron chi connectivity index (χ1n) is 11.1. The van der Waals surface area contributed by atoms with Gasteiger partial charge in [-0.15, -0.1) is 0 Å². The number of hydrogen-bond acceptors (Lipinski definition) is 4. The number of amides is 1. The number of anilines is 1. The van der Waals surface area contributed by atoms with E-state index in [9.17, 15) is 13.2 Å². The van der Waals surface area contributed by atoms with Gasteiger partial charge in [0.25, 0.3) is 0 Å². The van der Waals surface area contributed by atoms with Crippen LogP contribution in [0.25, 0.3) is 0 Å². The van der Waals surface area contributed by atoms with Crippen molar-refractivity contribution in [2.45, 2.75) is 50.5 Å². The van der Waals surface area contributed by atoms with Crippen molar-refractivity contribution in [1.82, 2.24) is 9.21 Å².